The summed E-state index contributed by atoms with van der Waals surface area (Å²) in [5, 5.41) is 11.6. The largest absolute Gasteiger partial charge is 0.493 e. The standard InChI is InChI=1S/C17H23N3O3/c1-22-15-5-4-14(12-16(15)23-2)19-17(21)13-6-10-20(11-7-13)9-3-8-18/h4-5,12-13H,3,6-7,9-11H2,1-2H3,(H,19,21). The molecule has 0 unspecified atom stereocenters. The molecule has 6 heteroatoms. The van der Waals surface area contributed by atoms with Gasteiger partial charge in [-0.05, 0) is 38.1 Å². The van der Waals surface area contributed by atoms with Gasteiger partial charge >= 0.3 is 0 Å². The number of rotatable bonds is 6. The molecule has 1 amide bonds. The smallest absolute Gasteiger partial charge is 0.227 e. The molecule has 1 aliphatic rings. The number of hydrogen-bond acceptors (Lipinski definition) is 5. The van der Waals surface area contributed by atoms with Crippen LogP contribution in [0.25, 0.3) is 0 Å². The van der Waals surface area contributed by atoms with Gasteiger partial charge < -0.3 is 19.7 Å². The SMILES string of the molecule is COc1ccc(NC(=O)C2CCN(CCC#N)CC2)cc1OC. The molecule has 0 aromatic heterocycles. The fourth-order valence-electron chi connectivity index (χ4n) is 2.79. The minimum absolute atomic E-state index is 0.0152. The van der Waals surface area contributed by atoms with Gasteiger partial charge in [-0.3, -0.25) is 4.79 Å². The molecule has 2 rings (SSSR count). The Morgan fingerprint density at radius 2 is 2.00 bits per heavy atom. The summed E-state index contributed by atoms with van der Waals surface area (Å²) in [5.41, 5.74) is 0.708. The van der Waals surface area contributed by atoms with Crippen LogP contribution in [0.1, 0.15) is 19.3 Å². The van der Waals surface area contributed by atoms with E-state index >= 15 is 0 Å². The van der Waals surface area contributed by atoms with Gasteiger partial charge in [0.05, 0.1) is 20.3 Å². The molecule has 1 aromatic carbocycles. The first-order chi connectivity index (χ1) is 11.2. The number of carbonyl (C=O) groups is 1. The molecule has 0 saturated carbocycles. The second-order valence-corrected chi connectivity index (χ2v) is 5.58. The number of piperidine rings is 1. The first kappa shape index (κ1) is 17.1. The van der Waals surface area contributed by atoms with E-state index < -0.39 is 0 Å². The number of methoxy groups -OCH3 is 2. The minimum Gasteiger partial charge on any atom is -0.493 e. The van der Waals surface area contributed by atoms with Gasteiger partial charge in [0.25, 0.3) is 0 Å². The molecule has 6 nitrogen and oxygen atoms in total. The molecule has 0 spiro atoms. The van der Waals surface area contributed by atoms with Crippen molar-refractivity contribution < 1.29 is 14.3 Å². The third-order valence-electron chi connectivity index (χ3n) is 4.15. The normalized spacial score (nSPS) is 15.7. The maximum absolute atomic E-state index is 12.4. The lowest BCUT2D eigenvalue weighted by Crippen LogP contribution is -2.38. The fraction of sp³-hybridized carbons (Fsp3) is 0.529. The van der Waals surface area contributed by atoms with E-state index in [0.717, 1.165) is 32.5 Å². The van der Waals surface area contributed by atoms with Crippen LogP contribution in [0.15, 0.2) is 18.2 Å². The number of likely N-dealkylation sites (tertiary alicyclic amines) is 1. The molecule has 1 fully saturated rings. The number of ether oxygens (including phenoxy) is 2. The molecular formula is C17H23N3O3. The number of anilines is 1. The van der Waals surface area contributed by atoms with Gasteiger partial charge in [-0.25, -0.2) is 0 Å². The summed E-state index contributed by atoms with van der Waals surface area (Å²) in [7, 11) is 3.15. The molecule has 0 atom stereocenters. The predicted octanol–water partition coefficient (Wildman–Crippen LogP) is 2.27. The molecular weight excluding hydrogens is 294 g/mol. The second-order valence-electron chi connectivity index (χ2n) is 5.58. The Balaban J connectivity index is 1.89. The first-order valence-corrected chi connectivity index (χ1v) is 7.80. The van der Waals surface area contributed by atoms with Crippen LogP contribution < -0.4 is 14.8 Å². The lowest BCUT2D eigenvalue weighted by molar-refractivity contribution is -0.121. The van der Waals surface area contributed by atoms with Crippen LogP contribution in [0.3, 0.4) is 0 Å². The van der Waals surface area contributed by atoms with E-state index in [1.54, 1.807) is 32.4 Å². The van der Waals surface area contributed by atoms with E-state index in [-0.39, 0.29) is 11.8 Å². The van der Waals surface area contributed by atoms with Crippen molar-refractivity contribution in [1.82, 2.24) is 4.90 Å². The van der Waals surface area contributed by atoms with E-state index in [2.05, 4.69) is 16.3 Å². The lowest BCUT2D eigenvalue weighted by atomic mass is 9.95. The van der Waals surface area contributed by atoms with Gasteiger partial charge in [0.15, 0.2) is 11.5 Å². The van der Waals surface area contributed by atoms with E-state index in [1.165, 1.54) is 0 Å². The zero-order chi connectivity index (χ0) is 16.7. The molecule has 0 radical (unpaired) electrons. The summed E-state index contributed by atoms with van der Waals surface area (Å²) < 4.78 is 10.4. The van der Waals surface area contributed by atoms with E-state index in [0.29, 0.717) is 23.6 Å². The van der Waals surface area contributed by atoms with E-state index in [4.69, 9.17) is 14.7 Å². The Kier molecular flexibility index (Phi) is 6.24. The molecule has 0 aliphatic carbocycles. The zero-order valence-electron chi connectivity index (χ0n) is 13.7. The summed E-state index contributed by atoms with van der Waals surface area (Å²) in [4.78, 5) is 14.6. The minimum atomic E-state index is 0.0152. The number of benzene rings is 1. The van der Waals surface area contributed by atoms with Crippen LogP contribution in [0.4, 0.5) is 5.69 Å². The van der Waals surface area contributed by atoms with Crippen molar-refractivity contribution >= 4 is 11.6 Å². The molecule has 1 N–H and O–H groups in total. The number of amides is 1. The molecule has 1 aromatic rings. The third kappa shape index (κ3) is 4.60. The number of nitrogens with zero attached hydrogens (tertiary/aromatic N) is 2. The maximum Gasteiger partial charge on any atom is 0.227 e. The van der Waals surface area contributed by atoms with Gasteiger partial charge in [0.2, 0.25) is 5.91 Å². The van der Waals surface area contributed by atoms with Crippen LogP contribution in [0, 0.1) is 17.2 Å². The van der Waals surface area contributed by atoms with Gasteiger partial charge in [-0.2, -0.15) is 5.26 Å². The van der Waals surface area contributed by atoms with Gasteiger partial charge in [0, 0.05) is 30.6 Å². The summed E-state index contributed by atoms with van der Waals surface area (Å²) in [6, 6.07) is 7.50. The highest BCUT2D eigenvalue weighted by Crippen LogP contribution is 2.30. The molecule has 1 aliphatic heterocycles. The molecule has 124 valence electrons. The highest BCUT2D eigenvalue weighted by Gasteiger charge is 2.24. The van der Waals surface area contributed by atoms with Crippen LogP contribution >= 0.6 is 0 Å². The average Bonchev–Trinajstić information content (AvgIpc) is 2.60. The summed E-state index contributed by atoms with van der Waals surface area (Å²) in [6.45, 7) is 2.53. The van der Waals surface area contributed by atoms with Crippen molar-refractivity contribution in [2.75, 3.05) is 39.2 Å². The van der Waals surface area contributed by atoms with Crippen molar-refractivity contribution in [2.45, 2.75) is 19.3 Å². The highest BCUT2D eigenvalue weighted by atomic mass is 16.5. The second kappa shape index (κ2) is 8.39. The quantitative estimate of drug-likeness (QED) is 0.871. The number of hydrogen-bond donors (Lipinski definition) is 1. The Labute approximate surface area is 137 Å². The number of nitriles is 1. The van der Waals surface area contributed by atoms with Crippen LogP contribution in [0.2, 0.25) is 0 Å². The molecule has 23 heavy (non-hydrogen) atoms. The Morgan fingerprint density at radius 3 is 2.61 bits per heavy atom. The fourth-order valence-corrected chi connectivity index (χ4v) is 2.79. The summed E-state index contributed by atoms with van der Waals surface area (Å²) in [6.07, 6.45) is 2.19. The van der Waals surface area contributed by atoms with Gasteiger partial charge in [-0.15, -0.1) is 0 Å². The highest BCUT2D eigenvalue weighted by molar-refractivity contribution is 5.93. The molecule has 1 heterocycles. The van der Waals surface area contributed by atoms with Crippen molar-refractivity contribution in [3.05, 3.63) is 18.2 Å². The number of carbonyl (C=O) groups excluding carboxylic acids is 1. The van der Waals surface area contributed by atoms with Gasteiger partial charge in [-0.1, -0.05) is 0 Å². The Bertz CT molecular complexity index is 575. The van der Waals surface area contributed by atoms with Crippen LogP contribution in [0.5, 0.6) is 11.5 Å². The third-order valence-corrected chi connectivity index (χ3v) is 4.15. The monoisotopic (exact) mass is 317 g/mol. The van der Waals surface area contributed by atoms with Crippen molar-refractivity contribution in [2.24, 2.45) is 5.92 Å². The van der Waals surface area contributed by atoms with E-state index in [9.17, 15) is 4.79 Å². The van der Waals surface area contributed by atoms with Crippen molar-refractivity contribution in [1.29, 1.82) is 5.26 Å². The first-order valence-electron chi connectivity index (χ1n) is 7.80. The Morgan fingerprint density at radius 1 is 1.30 bits per heavy atom. The van der Waals surface area contributed by atoms with Crippen molar-refractivity contribution in [3.63, 3.8) is 0 Å². The van der Waals surface area contributed by atoms with Crippen LogP contribution in [-0.2, 0) is 4.79 Å². The summed E-state index contributed by atoms with van der Waals surface area (Å²) >= 11 is 0. The number of nitrogens with one attached hydrogen (secondary N) is 1. The van der Waals surface area contributed by atoms with E-state index in [1.807, 2.05) is 0 Å². The maximum atomic E-state index is 12.4. The molecule has 0 bridgehead atoms. The van der Waals surface area contributed by atoms with Crippen LogP contribution in [-0.4, -0.2) is 44.7 Å². The topological polar surface area (TPSA) is 74.6 Å². The zero-order valence-corrected chi connectivity index (χ0v) is 13.7. The van der Waals surface area contributed by atoms with Crippen molar-refractivity contribution in [3.8, 4) is 17.6 Å². The lowest BCUT2D eigenvalue weighted by Gasteiger charge is -2.30. The average molecular weight is 317 g/mol. The summed E-state index contributed by atoms with van der Waals surface area (Å²) in [5.74, 6) is 1.28. The Hall–Kier alpha value is -2.26. The van der Waals surface area contributed by atoms with Gasteiger partial charge in [0.1, 0.15) is 0 Å². The molecule has 1 saturated heterocycles. The predicted molar refractivity (Wildman–Crippen MR) is 87.6 cm³/mol.